The van der Waals surface area contributed by atoms with Gasteiger partial charge in [-0.2, -0.15) is 0 Å². The fraction of sp³-hybridized carbons (Fsp3) is 0.0588. The van der Waals surface area contributed by atoms with Crippen LogP contribution in [0.25, 0.3) is 10.8 Å². The van der Waals surface area contributed by atoms with Crippen molar-refractivity contribution in [2.24, 2.45) is 0 Å². The summed E-state index contributed by atoms with van der Waals surface area (Å²) >= 11 is 5.76. The maximum Gasteiger partial charge on any atom is 0.141 e. The average Bonchev–Trinajstić information content (AvgIpc) is 2.48. The van der Waals surface area contributed by atoms with Crippen molar-refractivity contribution in [2.45, 2.75) is 6.61 Å². The Morgan fingerprint density at radius 3 is 2.60 bits per heavy atom. The predicted molar refractivity (Wildman–Crippen MR) is 79.7 cm³/mol. The number of rotatable bonds is 3. The van der Waals surface area contributed by atoms with Gasteiger partial charge in [-0.15, -0.1) is 0 Å². The molecule has 0 aliphatic carbocycles. The molecule has 3 rings (SSSR count). The van der Waals surface area contributed by atoms with E-state index in [9.17, 15) is 4.39 Å². The highest BCUT2D eigenvalue weighted by atomic mass is 35.5. The molecule has 0 unspecified atom stereocenters. The van der Waals surface area contributed by atoms with Gasteiger partial charge in [0.2, 0.25) is 0 Å². The van der Waals surface area contributed by atoms with Gasteiger partial charge >= 0.3 is 0 Å². The molecule has 20 heavy (non-hydrogen) atoms. The molecule has 3 aromatic rings. The zero-order chi connectivity index (χ0) is 13.9. The van der Waals surface area contributed by atoms with Crippen molar-refractivity contribution in [3.8, 4) is 5.75 Å². The van der Waals surface area contributed by atoms with Gasteiger partial charge in [0.05, 0.1) is 5.02 Å². The van der Waals surface area contributed by atoms with Gasteiger partial charge in [-0.05, 0) is 29.1 Å². The fourth-order valence-electron chi connectivity index (χ4n) is 2.11. The van der Waals surface area contributed by atoms with Crippen LogP contribution in [0.5, 0.6) is 5.75 Å². The number of ether oxygens (including phenoxy) is 1. The molecule has 0 amide bonds. The molecule has 0 fully saturated rings. The fourth-order valence-corrected chi connectivity index (χ4v) is 2.32. The summed E-state index contributed by atoms with van der Waals surface area (Å²) in [5.74, 6) is 0.393. The SMILES string of the molecule is Fc1ccc(COc2cccc3ccccc23)cc1Cl. The van der Waals surface area contributed by atoms with E-state index in [1.54, 1.807) is 12.1 Å². The summed E-state index contributed by atoms with van der Waals surface area (Å²) in [6.45, 7) is 0.355. The molecule has 0 aliphatic heterocycles. The van der Waals surface area contributed by atoms with Crippen LogP contribution in [0.15, 0.2) is 60.7 Å². The number of fused-ring (bicyclic) bond motifs is 1. The van der Waals surface area contributed by atoms with Crippen LogP contribution in [0, 0.1) is 5.82 Å². The maximum atomic E-state index is 13.1. The van der Waals surface area contributed by atoms with E-state index in [1.165, 1.54) is 6.07 Å². The van der Waals surface area contributed by atoms with E-state index >= 15 is 0 Å². The summed E-state index contributed by atoms with van der Waals surface area (Å²) in [4.78, 5) is 0. The summed E-state index contributed by atoms with van der Waals surface area (Å²) in [5, 5.41) is 2.30. The quantitative estimate of drug-likeness (QED) is 0.642. The molecule has 0 saturated carbocycles. The van der Waals surface area contributed by atoms with E-state index in [2.05, 4.69) is 0 Å². The number of hydrogen-bond acceptors (Lipinski definition) is 1. The minimum absolute atomic E-state index is 0.115. The lowest BCUT2D eigenvalue weighted by atomic mass is 10.1. The van der Waals surface area contributed by atoms with Gasteiger partial charge in [-0.25, -0.2) is 4.39 Å². The summed E-state index contributed by atoms with van der Waals surface area (Å²) < 4.78 is 18.9. The van der Waals surface area contributed by atoms with Crippen LogP contribution in [0.4, 0.5) is 4.39 Å². The number of halogens is 2. The molecule has 1 nitrogen and oxygen atoms in total. The van der Waals surface area contributed by atoms with E-state index < -0.39 is 5.82 Å². The summed E-state index contributed by atoms with van der Waals surface area (Å²) in [6, 6.07) is 18.5. The molecule has 0 radical (unpaired) electrons. The van der Waals surface area contributed by atoms with Crippen molar-refractivity contribution in [1.82, 2.24) is 0 Å². The molecule has 0 heterocycles. The van der Waals surface area contributed by atoms with Gasteiger partial charge in [-0.3, -0.25) is 0 Å². The summed E-state index contributed by atoms with van der Waals surface area (Å²) in [7, 11) is 0. The van der Waals surface area contributed by atoms with Crippen molar-refractivity contribution in [3.05, 3.63) is 77.1 Å². The molecule has 0 saturated heterocycles. The summed E-state index contributed by atoms with van der Waals surface area (Å²) in [6.07, 6.45) is 0. The van der Waals surface area contributed by atoms with Crippen molar-refractivity contribution < 1.29 is 9.13 Å². The summed E-state index contributed by atoms with van der Waals surface area (Å²) in [5.41, 5.74) is 0.837. The third kappa shape index (κ3) is 2.61. The van der Waals surface area contributed by atoms with E-state index in [0.717, 1.165) is 22.1 Å². The third-order valence-corrected chi connectivity index (χ3v) is 3.42. The van der Waals surface area contributed by atoms with E-state index in [-0.39, 0.29) is 5.02 Å². The monoisotopic (exact) mass is 286 g/mol. The lowest BCUT2D eigenvalue weighted by Crippen LogP contribution is -1.96. The van der Waals surface area contributed by atoms with Gasteiger partial charge in [0.25, 0.3) is 0 Å². The zero-order valence-corrected chi connectivity index (χ0v) is 11.4. The lowest BCUT2D eigenvalue weighted by molar-refractivity contribution is 0.310. The molecule has 0 aliphatic rings. The van der Waals surface area contributed by atoms with Gasteiger partial charge in [0.15, 0.2) is 0 Å². The third-order valence-electron chi connectivity index (χ3n) is 3.13. The van der Waals surface area contributed by atoms with Gasteiger partial charge in [-0.1, -0.05) is 54.1 Å². The van der Waals surface area contributed by atoms with Crippen LogP contribution in [0.3, 0.4) is 0 Å². The van der Waals surface area contributed by atoms with Crippen molar-refractivity contribution in [3.63, 3.8) is 0 Å². The maximum absolute atomic E-state index is 13.1. The Balaban J connectivity index is 1.85. The Hall–Kier alpha value is -2.06. The van der Waals surface area contributed by atoms with E-state index in [0.29, 0.717) is 6.61 Å². The van der Waals surface area contributed by atoms with Crippen LogP contribution in [0.2, 0.25) is 5.02 Å². The average molecular weight is 287 g/mol. The lowest BCUT2D eigenvalue weighted by Gasteiger charge is -2.09. The Kier molecular flexibility index (Phi) is 3.57. The molecular formula is C17H12ClFO. The molecule has 0 bridgehead atoms. The molecule has 0 spiro atoms. The van der Waals surface area contributed by atoms with Crippen molar-refractivity contribution >= 4 is 22.4 Å². The molecule has 100 valence electrons. The Morgan fingerprint density at radius 1 is 0.950 bits per heavy atom. The second kappa shape index (κ2) is 5.51. The molecule has 0 aromatic heterocycles. The highest BCUT2D eigenvalue weighted by Crippen LogP contribution is 2.26. The Labute approximate surface area is 121 Å². The second-order valence-electron chi connectivity index (χ2n) is 4.51. The number of benzene rings is 3. The normalized spacial score (nSPS) is 10.7. The van der Waals surface area contributed by atoms with Gasteiger partial charge in [0, 0.05) is 5.39 Å². The van der Waals surface area contributed by atoms with Gasteiger partial charge in [0.1, 0.15) is 18.2 Å². The largest absolute Gasteiger partial charge is 0.488 e. The minimum Gasteiger partial charge on any atom is -0.488 e. The van der Waals surface area contributed by atoms with Crippen LogP contribution >= 0.6 is 11.6 Å². The highest BCUT2D eigenvalue weighted by Gasteiger charge is 2.04. The number of hydrogen-bond donors (Lipinski definition) is 0. The Bertz CT molecular complexity index is 750. The first-order valence-corrected chi connectivity index (χ1v) is 6.66. The van der Waals surface area contributed by atoms with E-state index in [1.807, 2.05) is 42.5 Å². The first kappa shape index (κ1) is 12.9. The van der Waals surface area contributed by atoms with Crippen LogP contribution < -0.4 is 4.74 Å². The zero-order valence-electron chi connectivity index (χ0n) is 10.6. The molecule has 0 N–H and O–H groups in total. The van der Waals surface area contributed by atoms with Crippen LogP contribution in [-0.2, 0) is 6.61 Å². The van der Waals surface area contributed by atoms with Crippen molar-refractivity contribution in [2.75, 3.05) is 0 Å². The molecular weight excluding hydrogens is 275 g/mol. The molecule has 3 heteroatoms. The van der Waals surface area contributed by atoms with Crippen LogP contribution in [-0.4, -0.2) is 0 Å². The Morgan fingerprint density at radius 2 is 1.75 bits per heavy atom. The smallest absolute Gasteiger partial charge is 0.141 e. The molecule has 3 aromatic carbocycles. The van der Waals surface area contributed by atoms with Crippen LogP contribution in [0.1, 0.15) is 5.56 Å². The first-order chi connectivity index (χ1) is 9.74. The highest BCUT2D eigenvalue weighted by molar-refractivity contribution is 6.30. The van der Waals surface area contributed by atoms with E-state index in [4.69, 9.17) is 16.3 Å². The minimum atomic E-state index is -0.416. The topological polar surface area (TPSA) is 9.23 Å². The second-order valence-corrected chi connectivity index (χ2v) is 4.92. The standard InChI is InChI=1S/C17H12ClFO/c18-15-10-12(8-9-16(15)19)11-20-17-7-3-5-13-4-1-2-6-14(13)17/h1-10H,11H2. The van der Waals surface area contributed by atoms with Gasteiger partial charge < -0.3 is 4.74 Å². The van der Waals surface area contributed by atoms with Crippen molar-refractivity contribution in [1.29, 1.82) is 0 Å². The first-order valence-electron chi connectivity index (χ1n) is 6.28. The predicted octanol–water partition coefficient (Wildman–Crippen LogP) is 5.21. The molecule has 0 atom stereocenters.